The first-order chi connectivity index (χ1) is 9.08. The molecule has 0 bridgehead atoms. The van der Waals surface area contributed by atoms with E-state index in [0.29, 0.717) is 11.3 Å². The normalized spacial score (nSPS) is 10.7. The Hall–Kier alpha value is -1.79. The molecular formula is C12H12ClFN4O. The van der Waals surface area contributed by atoms with E-state index in [9.17, 15) is 9.18 Å². The van der Waals surface area contributed by atoms with Crippen molar-refractivity contribution in [2.24, 2.45) is 5.73 Å². The molecular weight excluding hydrogens is 271 g/mol. The Morgan fingerprint density at radius 3 is 2.89 bits per heavy atom. The quantitative estimate of drug-likeness (QED) is 0.898. The molecule has 0 spiro atoms. The van der Waals surface area contributed by atoms with Crippen molar-refractivity contribution < 1.29 is 9.18 Å². The zero-order chi connectivity index (χ0) is 13.8. The molecule has 0 aliphatic heterocycles. The van der Waals surface area contributed by atoms with Gasteiger partial charge < -0.3 is 5.73 Å². The minimum Gasteiger partial charge on any atom is -0.325 e. The first-order valence-corrected chi connectivity index (χ1v) is 6.01. The van der Waals surface area contributed by atoms with Crippen LogP contribution in [-0.2, 0) is 24.3 Å². The van der Waals surface area contributed by atoms with Gasteiger partial charge in [0.2, 0.25) is 0 Å². The highest BCUT2D eigenvalue weighted by Crippen LogP contribution is 2.16. The van der Waals surface area contributed by atoms with E-state index < -0.39 is 5.82 Å². The fourth-order valence-electron chi connectivity index (χ4n) is 1.62. The summed E-state index contributed by atoms with van der Waals surface area (Å²) >= 11 is 5.57. The lowest BCUT2D eigenvalue weighted by atomic mass is 10.1. The smallest absolute Gasteiger partial charge is 0.158 e. The van der Waals surface area contributed by atoms with Gasteiger partial charge >= 0.3 is 0 Å². The molecule has 0 atom stereocenters. The molecule has 100 valence electrons. The lowest BCUT2D eigenvalue weighted by Gasteiger charge is -2.02. The van der Waals surface area contributed by atoms with E-state index >= 15 is 0 Å². The summed E-state index contributed by atoms with van der Waals surface area (Å²) in [7, 11) is 0. The average Bonchev–Trinajstić information content (AvgIpc) is 2.81. The van der Waals surface area contributed by atoms with Crippen LogP contribution < -0.4 is 5.73 Å². The average molecular weight is 283 g/mol. The SMILES string of the molecule is NCc1cn(CC(=O)Cc2ccc(Cl)c(F)c2)nn1. The van der Waals surface area contributed by atoms with Crippen LogP contribution in [0.5, 0.6) is 0 Å². The maximum absolute atomic E-state index is 13.2. The Kier molecular flexibility index (Phi) is 4.24. The van der Waals surface area contributed by atoms with E-state index in [1.54, 1.807) is 12.3 Å². The summed E-state index contributed by atoms with van der Waals surface area (Å²) in [5, 5.41) is 7.59. The van der Waals surface area contributed by atoms with Crippen LogP contribution in [0.2, 0.25) is 5.02 Å². The molecule has 1 heterocycles. The zero-order valence-corrected chi connectivity index (χ0v) is 10.8. The molecule has 19 heavy (non-hydrogen) atoms. The van der Waals surface area contributed by atoms with Gasteiger partial charge in [-0.05, 0) is 17.7 Å². The number of ketones is 1. The molecule has 0 saturated heterocycles. The Balaban J connectivity index is 1.98. The maximum Gasteiger partial charge on any atom is 0.158 e. The van der Waals surface area contributed by atoms with Crippen molar-refractivity contribution in [2.45, 2.75) is 19.5 Å². The third-order valence-corrected chi connectivity index (χ3v) is 2.83. The van der Waals surface area contributed by atoms with Gasteiger partial charge in [0.15, 0.2) is 5.78 Å². The molecule has 1 aromatic carbocycles. The Bertz CT molecular complexity index is 599. The van der Waals surface area contributed by atoms with Gasteiger partial charge in [-0.25, -0.2) is 9.07 Å². The molecule has 0 aliphatic carbocycles. The predicted molar refractivity (Wildman–Crippen MR) is 68.0 cm³/mol. The van der Waals surface area contributed by atoms with Crippen molar-refractivity contribution in [3.63, 3.8) is 0 Å². The lowest BCUT2D eigenvalue weighted by molar-refractivity contribution is -0.119. The van der Waals surface area contributed by atoms with Crippen LogP contribution in [0.25, 0.3) is 0 Å². The van der Waals surface area contributed by atoms with Crippen LogP contribution in [-0.4, -0.2) is 20.8 Å². The number of benzene rings is 1. The van der Waals surface area contributed by atoms with E-state index in [1.807, 2.05) is 0 Å². The van der Waals surface area contributed by atoms with Crippen molar-refractivity contribution in [1.29, 1.82) is 0 Å². The van der Waals surface area contributed by atoms with Gasteiger partial charge in [0.25, 0.3) is 0 Å². The fourth-order valence-corrected chi connectivity index (χ4v) is 1.74. The molecule has 2 N–H and O–H groups in total. The highest BCUT2D eigenvalue weighted by molar-refractivity contribution is 6.30. The Morgan fingerprint density at radius 1 is 1.47 bits per heavy atom. The van der Waals surface area contributed by atoms with Crippen molar-refractivity contribution >= 4 is 17.4 Å². The van der Waals surface area contributed by atoms with Gasteiger partial charge in [-0.2, -0.15) is 0 Å². The molecule has 0 saturated carbocycles. The third kappa shape index (κ3) is 3.59. The summed E-state index contributed by atoms with van der Waals surface area (Å²) in [5.41, 5.74) is 6.58. The summed E-state index contributed by atoms with van der Waals surface area (Å²) in [6.07, 6.45) is 1.73. The van der Waals surface area contributed by atoms with E-state index in [4.69, 9.17) is 17.3 Å². The number of halogens is 2. The van der Waals surface area contributed by atoms with E-state index in [-0.39, 0.29) is 30.3 Å². The van der Waals surface area contributed by atoms with Gasteiger partial charge in [-0.3, -0.25) is 4.79 Å². The molecule has 5 nitrogen and oxygen atoms in total. The second kappa shape index (κ2) is 5.90. The number of hydrogen-bond acceptors (Lipinski definition) is 4. The van der Waals surface area contributed by atoms with Gasteiger partial charge in [0.1, 0.15) is 12.4 Å². The minimum atomic E-state index is -0.529. The second-order valence-electron chi connectivity index (χ2n) is 4.08. The number of hydrogen-bond donors (Lipinski definition) is 1. The molecule has 0 aliphatic rings. The van der Waals surface area contributed by atoms with Gasteiger partial charge in [-0.1, -0.05) is 22.9 Å². The first-order valence-electron chi connectivity index (χ1n) is 5.63. The Labute approximate surface area is 114 Å². The summed E-state index contributed by atoms with van der Waals surface area (Å²) in [6, 6.07) is 4.31. The number of carbonyl (C=O) groups excluding carboxylic acids is 1. The molecule has 7 heteroatoms. The van der Waals surface area contributed by atoms with Crippen molar-refractivity contribution in [3.8, 4) is 0 Å². The molecule has 0 fully saturated rings. The summed E-state index contributed by atoms with van der Waals surface area (Å²) in [4.78, 5) is 11.8. The lowest BCUT2D eigenvalue weighted by Crippen LogP contribution is -2.13. The number of Topliss-reactive ketones (excluding diaryl/α,β-unsaturated/α-hetero) is 1. The standard InChI is InChI=1S/C12H12ClFN4O/c13-11-2-1-8(4-12(11)14)3-10(19)7-18-6-9(5-15)16-17-18/h1-2,4,6H,3,5,7,15H2. The van der Waals surface area contributed by atoms with Gasteiger partial charge in [0.05, 0.1) is 16.9 Å². The summed E-state index contributed by atoms with van der Waals surface area (Å²) in [6.45, 7) is 0.355. The number of aromatic nitrogens is 3. The van der Waals surface area contributed by atoms with Crippen molar-refractivity contribution in [1.82, 2.24) is 15.0 Å². The van der Waals surface area contributed by atoms with Crippen LogP contribution in [0.4, 0.5) is 4.39 Å². The van der Waals surface area contributed by atoms with Crippen molar-refractivity contribution in [3.05, 3.63) is 46.5 Å². The van der Waals surface area contributed by atoms with E-state index in [1.165, 1.54) is 16.8 Å². The third-order valence-electron chi connectivity index (χ3n) is 2.52. The number of rotatable bonds is 5. The molecule has 2 rings (SSSR count). The van der Waals surface area contributed by atoms with E-state index in [0.717, 1.165) is 0 Å². The van der Waals surface area contributed by atoms with Crippen LogP contribution in [0.15, 0.2) is 24.4 Å². The molecule has 0 radical (unpaired) electrons. The van der Waals surface area contributed by atoms with Crippen LogP contribution in [0.1, 0.15) is 11.3 Å². The molecule has 0 unspecified atom stereocenters. The zero-order valence-electron chi connectivity index (χ0n) is 10.0. The number of nitrogens with two attached hydrogens (primary N) is 1. The van der Waals surface area contributed by atoms with Crippen LogP contribution >= 0.6 is 11.6 Å². The predicted octanol–water partition coefficient (Wildman–Crippen LogP) is 1.34. The summed E-state index contributed by atoms with van der Waals surface area (Å²) in [5.74, 6) is -0.631. The fraction of sp³-hybridized carbons (Fsp3) is 0.250. The second-order valence-corrected chi connectivity index (χ2v) is 4.48. The molecule has 2 aromatic rings. The highest BCUT2D eigenvalue weighted by atomic mass is 35.5. The summed E-state index contributed by atoms with van der Waals surface area (Å²) < 4.78 is 14.6. The van der Waals surface area contributed by atoms with Gasteiger partial charge in [0, 0.05) is 13.0 Å². The van der Waals surface area contributed by atoms with Crippen LogP contribution in [0.3, 0.4) is 0 Å². The largest absolute Gasteiger partial charge is 0.325 e. The topological polar surface area (TPSA) is 73.8 Å². The van der Waals surface area contributed by atoms with Gasteiger partial charge in [-0.15, -0.1) is 5.10 Å². The number of nitrogens with zero attached hydrogens (tertiary/aromatic N) is 3. The molecule has 0 amide bonds. The number of carbonyl (C=O) groups is 1. The monoisotopic (exact) mass is 282 g/mol. The van der Waals surface area contributed by atoms with Crippen molar-refractivity contribution in [2.75, 3.05) is 0 Å². The first kappa shape index (κ1) is 13.6. The highest BCUT2D eigenvalue weighted by Gasteiger charge is 2.08. The Morgan fingerprint density at radius 2 is 2.26 bits per heavy atom. The molecule has 1 aromatic heterocycles. The maximum atomic E-state index is 13.2. The van der Waals surface area contributed by atoms with Crippen LogP contribution in [0, 0.1) is 5.82 Å². The minimum absolute atomic E-state index is 0.0417. The van der Waals surface area contributed by atoms with E-state index in [2.05, 4.69) is 10.3 Å².